The van der Waals surface area contributed by atoms with Gasteiger partial charge in [-0.3, -0.25) is 4.90 Å². The van der Waals surface area contributed by atoms with Gasteiger partial charge in [-0.15, -0.1) is 0 Å². The molecule has 1 rings (SSSR count). The van der Waals surface area contributed by atoms with E-state index in [0.29, 0.717) is 12.0 Å². The second kappa shape index (κ2) is 6.17. The molecule has 0 radical (unpaired) electrons. The van der Waals surface area contributed by atoms with Gasteiger partial charge >= 0.3 is 0 Å². The van der Waals surface area contributed by atoms with Crippen LogP contribution in [0.4, 0.5) is 0 Å². The number of methoxy groups -OCH3 is 1. The van der Waals surface area contributed by atoms with Crippen LogP contribution in [-0.4, -0.2) is 49.0 Å². The van der Waals surface area contributed by atoms with Crippen molar-refractivity contribution in [3.8, 4) is 0 Å². The third kappa shape index (κ3) is 3.67. The third-order valence-electron chi connectivity index (χ3n) is 4.31. The summed E-state index contributed by atoms with van der Waals surface area (Å²) < 4.78 is 5.21. The smallest absolute Gasteiger partial charge is 0.0631 e. The Hall–Kier alpha value is -0.120. The van der Waals surface area contributed by atoms with E-state index >= 15 is 0 Å². The van der Waals surface area contributed by atoms with Crippen LogP contribution in [0.15, 0.2) is 0 Å². The fourth-order valence-corrected chi connectivity index (χ4v) is 2.96. The summed E-state index contributed by atoms with van der Waals surface area (Å²) in [7, 11) is 1.75. The topological polar surface area (TPSA) is 32.7 Å². The molecular weight excluding hydrogens is 214 g/mol. The lowest BCUT2D eigenvalue weighted by Crippen LogP contribution is -2.42. The van der Waals surface area contributed by atoms with Crippen LogP contribution in [0.1, 0.15) is 40.5 Å². The lowest BCUT2D eigenvalue weighted by Gasteiger charge is -2.33. The minimum atomic E-state index is -0.161. The molecule has 17 heavy (non-hydrogen) atoms. The Kier molecular flexibility index (Phi) is 5.42. The maximum absolute atomic E-state index is 10.3. The Morgan fingerprint density at radius 2 is 2.12 bits per heavy atom. The Morgan fingerprint density at radius 1 is 1.47 bits per heavy atom. The highest BCUT2D eigenvalue weighted by Gasteiger charge is 2.41. The van der Waals surface area contributed by atoms with E-state index in [0.717, 1.165) is 32.5 Å². The molecule has 0 aromatic heterocycles. The molecular formula is C14H29NO2. The first-order valence-electron chi connectivity index (χ1n) is 6.83. The predicted octanol–water partition coefficient (Wildman–Crippen LogP) is 2.14. The first kappa shape index (κ1) is 14.9. The largest absolute Gasteiger partial charge is 0.392 e. The molecule has 3 atom stereocenters. The molecule has 0 amide bonds. The van der Waals surface area contributed by atoms with E-state index < -0.39 is 0 Å². The van der Waals surface area contributed by atoms with Crippen molar-refractivity contribution in [2.24, 2.45) is 11.3 Å². The molecule has 1 aliphatic carbocycles. The summed E-state index contributed by atoms with van der Waals surface area (Å²) in [6, 6.07) is 0.431. The van der Waals surface area contributed by atoms with Gasteiger partial charge in [0.05, 0.1) is 12.7 Å². The molecule has 0 aliphatic heterocycles. The molecule has 0 aromatic rings. The fraction of sp³-hybridized carbons (Fsp3) is 1.00. The summed E-state index contributed by atoms with van der Waals surface area (Å²) >= 11 is 0. The summed E-state index contributed by atoms with van der Waals surface area (Å²) in [5.74, 6) is 0.421. The van der Waals surface area contributed by atoms with Crippen molar-refractivity contribution in [2.45, 2.75) is 52.7 Å². The third-order valence-corrected chi connectivity index (χ3v) is 4.31. The quantitative estimate of drug-likeness (QED) is 0.776. The number of aliphatic hydroxyl groups is 1. The molecule has 3 heteroatoms. The molecule has 102 valence electrons. The van der Waals surface area contributed by atoms with Crippen molar-refractivity contribution in [3.63, 3.8) is 0 Å². The number of likely N-dealkylation sites (N-methyl/N-ethyl adjacent to an activating group) is 1. The molecule has 0 spiro atoms. The molecule has 1 aliphatic rings. The zero-order valence-corrected chi connectivity index (χ0v) is 12.1. The molecule has 3 nitrogen and oxygen atoms in total. The molecule has 0 aromatic carbocycles. The Morgan fingerprint density at radius 3 is 2.53 bits per heavy atom. The van der Waals surface area contributed by atoms with E-state index in [-0.39, 0.29) is 11.5 Å². The normalized spacial score (nSPS) is 29.8. The molecule has 1 fully saturated rings. The Bertz CT molecular complexity index is 230. The number of ether oxygens (including phenoxy) is 1. The van der Waals surface area contributed by atoms with Gasteiger partial charge in [-0.05, 0) is 37.6 Å². The maximum atomic E-state index is 10.3. The van der Waals surface area contributed by atoms with Gasteiger partial charge in [0, 0.05) is 19.7 Å². The zero-order chi connectivity index (χ0) is 13.1. The molecule has 1 saturated carbocycles. The molecule has 0 saturated heterocycles. The fourth-order valence-electron chi connectivity index (χ4n) is 2.96. The van der Waals surface area contributed by atoms with Gasteiger partial charge in [-0.1, -0.05) is 20.8 Å². The SMILES string of the molecule is CCN(CC1CCC(C)(C)C1O)C(C)COC. The monoisotopic (exact) mass is 243 g/mol. The highest BCUT2D eigenvalue weighted by Crippen LogP contribution is 2.41. The van der Waals surface area contributed by atoms with Gasteiger partial charge < -0.3 is 9.84 Å². The van der Waals surface area contributed by atoms with Crippen LogP contribution in [0.2, 0.25) is 0 Å². The summed E-state index contributed by atoms with van der Waals surface area (Å²) in [6.45, 7) is 11.5. The van der Waals surface area contributed by atoms with Gasteiger partial charge in [-0.25, -0.2) is 0 Å². The standard InChI is InChI=1S/C14H29NO2/c1-6-15(11(2)10-17-5)9-12-7-8-14(3,4)13(12)16/h11-13,16H,6-10H2,1-5H3. The first-order valence-corrected chi connectivity index (χ1v) is 6.83. The molecule has 0 heterocycles. The maximum Gasteiger partial charge on any atom is 0.0631 e. The van der Waals surface area contributed by atoms with Crippen molar-refractivity contribution in [2.75, 3.05) is 26.8 Å². The number of rotatable bonds is 6. The summed E-state index contributed by atoms with van der Waals surface area (Å²) in [5, 5.41) is 10.3. The van der Waals surface area contributed by atoms with Crippen molar-refractivity contribution in [3.05, 3.63) is 0 Å². The van der Waals surface area contributed by atoms with Crippen LogP contribution < -0.4 is 0 Å². The number of aliphatic hydroxyl groups excluding tert-OH is 1. The van der Waals surface area contributed by atoms with Crippen LogP contribution in [0, 0.1) is 11.3 Å². The lowest BCUT2D eigenvalue weighted by atomic mass is 9.87. The van der Waals surface area contributed by atoms with Gasteiger partial charge in [0.2, 0.25) is 0 Å². The van der Waals surface area contributed by atoms with E-state index in [9.17, 15) is 5.11 Å². The van der Waals surface area contributed by atoms with Crippen LogP contribution >= 0.6 is 0 Å². The van der Waals surface area contributed by atoms with E-state index in [1.807, 2.05) is 0 Å². The zero-order valence-electron chi connectivity index (χ0n) is 12.1. The average Bonchev–Trinajstić information content (AvgIpc) is 2.52. The van der Waals surface area contributed by atoms with Crippen LogP contribution in [0.25, 0.3) is 0 Å². The second-order valence-corrected chi connectivity index (χ2v) is 6.12. The van der Waals surface area contributed by atoms with E-state index in [1.54, 1.807) is 7.11 Å². The van der Waals surface area contributed by atoms with Crippen molar-refractivity contribution in [1.29, 1.82) is 0 Å². The van der Waals surface area contributed by atoms with E-state index in [2.05, 4.69) is 32.6 Å². The number of hydrogen-bond donors (Lipinski definition) is 1. The molecule has 3 unspecified atom stereocenters. The van der Waals surface area contributed by atoms with Crippen molar-refractivity contribution in [1.82, 2.24) is 4.90 Å². The van der Waals surface area contributed by atoms with Crippen LogP contribution in [-0.2, 0) is 4.74 Å². The Balaban J connectivity index is 2.52. The Labute approximate surface area is 106 Å². The van der Waals surface area contributed by atoms with Gasteiger partial charge in [-0.2, -0.15) is 0 Å². The van der Waals surface area contributed by atoms with E-state index in [4.69, 9.17) is 4.74 Å². The van der Waals surface area contributed by atoms with E-state index in [1.165, 1.54) is 0 Å². The van der Waals surface area contributed by atoms with Gasteiger partial charge in [0.25, 0.3) is 0 Å². The summed E-state index contributed by atoms with van der Waals surface area (Å²) in [5.41, 5.74) is 0.0918. The number of hydrogen-bond acceptors (Lipinski definition) is 3. The van der Waals surface area contributed by atoms with Crippen LogP contribution in [0.5, 0.6) is 0 Å². The first-order chi connectivity index (χ1) is 7.92. The molecule has 1 N–H and O–H groups in total. The summed E-state index contributed by atoms with van der Waals surface area (Å²) in [6.07, 6.45) is 2.12. The minimum absolute atomic E-state index is 0.0918. The van der Waals surface area contributed by atoms with Crippen molar-refractivity contribution >= 4 is 0 Å². The average molecular weight is 243 g/mol. The predicted molar refractivity (Wildman–Crippen MR) is 71.1 cm³/mol. The minimum Gasteiger partial charge on any atom is -0.392 e. The summed E-state index contributed by atoms with van der Waals surface area (Å²) in [4.78, 5) is 2.42. The van der Waals surface area contributed by atoms with Crippen LogP contribution in [0.3, 0.4) is 0 Å². The highest BCUT2D eigenvalue weighted by atomic mass is 16.5. The molecule has 0 bridgehead atoms. The second-order valence-electron chi connectivity index (χ2n) is 6.12. The number of nitrogens with zero attached hydrogens (tertiary/aromatic N) is 1. The highest BCUT2D eigenvalue weighted by molar-refractivity contribution is 4.92. The van der Waals surface area contributed by atoms with Crippen molar-refractivity contribution < 1.29 is 9.84 Å². The van der Waals surface area contributed by atoms with Gasteiger partial charge in [0.1, 0.15) is 0 Å². The lowest BCUT2D eigenvalue weighted by molar-refractivity contribution is 0.0203. The van der Waals surface area contributed by atoms with Gasteiger partial charge in [0.15, 0.2) is 0 Å².